The Morgan fingerprint density at radius 1 is 1.19 bits per heavy atom. The van der Waals surface area contributed by atoms with Crippen LogP contribution in [-0.2, 0) is 12.0 Å². The Morgan fingerprint density at radius 3 is 2.52 bits per heavy atom. The quantitative estimate of drug-likeness (QED) is 0.919. The van der Waals surface area contributed by atoms with Crippen LogP contribution in [0.1, 0.15) is 18.1 Å². The summed E-state index contributed by atoms with van der Waals surface area (Å²) in [5.41, 5.74) is 6.83. The van der Waals surface area contributed by atoms with Crippen molar-refractivity contribution in [2.75, 3.05) is 14.2 Å². The van der Waals surface area contributed by atoms with Gasteiger partial charge in [0, 0.05) is 17.3 Å². The van der Waals surface area contributed by atoms with E-state index in [-0.39, 0.29) is 0 Å². The molecule has 0 radical (unpaired) electrons. The van der Waals surface area contributed by atoms with Crippen molar-refractivity contribution < 1.29 is 13.9 Å². The smallest absolute Gasteiger partial charge is 0.160 e. The summed E-state index contributed by atoms with van der Waals surface area (Å²) in [6.45, 7) is 1.79. The van der Waals surface area contributed by atoms with E-state index in [0.717, 1.165) is 5.56 Å². The van der Waals surface area contributed by atoms with E-state index in [2.05, 4.69) is 4.98 Å². The Bertz CT molecular complexity index is 629. The number of methoxy groups -OCH3 is 2. The van der Waals surface area contributed by atoms with Gasteiger partial charge in [-0.15, -0.1) is 0 Å². The van der Waals surface area contributed by atoms with E-state index >= 15 is 0 Å². The molecule has 1 atom stereocenters. The number of halogens is 1. The maximum absolute atomic E-state index is 13.9. The van der Waals surface area contributed by atoms with Crippen molar-refractivity contribution in [3.05, 3.63) is 53.6 Å². The van der Waals surface area contributed by atoms with Crippen LogP contribution < -0.4 is 15.2 Å². The highest BCUT2D eigenvalue weighted by Crippen LogP contribution is 2.31. The Hall–Kier alpha value is -2.14. The van der Waals surface area contributed by atoms with Gasteiger partial charge in [-0.2, -0.15) is 0 Å². The molecule has 0 saturated heterocycles. The van der Waals surface area contributed by atoms with Gasteiger partial charge in [-0.1, -0.05) is 6.07 Å². The molecule has 4 nitrogen and oxygen atoms in total. The van der Waals surface area contributed by atoms with Gasteiger partial charge in [0.15, 0.2) is 11.5 Å². The average molecular weight is 290 g/mol. The number of pyridine rings is 1. The van der Waals surface area contributed by atoms with Crippen molar-refractivity contribution >= 4 is 0 Å². The molecule has 2 rings (SSSR count). The standard InChI is InChI=1S/C16H19FN2O2/c1-16(18,12-6-7-19-10-13(12)17)9-11-4-5-14(20-2)15(8-11)21-3/h4-8,10H,9,18H2,1-3H3. The molecule has 2 aromatic rings. The van der Waals surface area contributed by atoms with Crippen LogP contribution >= 0.6 is 0 Å². The number of ether oxygens (including phenoxy) is 2. The molecule has 0 amide bonds. The van der Waals surface area contributed by atoms with E-state index in [4.69, 9.17) is 15.2 Å². The lowest BCUT2D eigenvalue weighted by Crippen LogP contribution is -2.36. The Balaban J connectivity index is 2.30. The molecular weight excluding hydrogens is 271 g/mol. The molecule has 1 unspecified atom stereocenters. The molecule has 0 aliphatic carbocycles. The summed E-state index contributed by atoms with van der Waals surface area (Å²) in [7, 11) is 3.16. The first-order chi connectivity index (χ1) is 9.97. The molecule has 2 N–H and O–H groups in total. The summed E-state index contributed by atoms with van der Waals surface area (Å²) in [6.07, 6.45) is 3.18. The van der Waals surface area contributed by atoms with E-state index in [9.17, 15) is 4.39 Å². The molecule has 0 saturated carbocycles. The van der Waals surface area contributed by atoms with Gasteiger partial charge in [-0.3, -0.25) is 4.98 Å². The third-order valence-electron chi connectivity index (χ3n) is 3.41. The Kier molecular flexibility index (Phi) is 4.43. The van der Waals surface area contributed by atoms with Crippen molar-refractivity contribution in [3.8, 4) is 11.5 Å². The van der Waals surface area contributed by atoms with E-state index in [0.29, 0.717) is 23.5 Å². The summed E-state index contributed by atoms with van der Waals surface area (Å²) < 4.78 is 24.3. The summed E-state index contributed by atoms with van der Waals surface area (Å²) >= 11 is 0. The molecule has 0 bridgehead atoms. The van der Waals surface area contributed by atoms with Crippen LogP contribution in [0.3, 0.4) is 0 Å². The minimum Gasteiger partial charge on any atom is -0.493 e. The minimum absolute atomic E-state index is 0.400. The first-order valence-corrected chi connectivity index (χ1v) is 6.57. The highest BCUT2D eigenvalue weighted by atomic mass is 19.1. The van der Waals surface area contributed by atoms with Crippen molar-refractivity contribution in [2.24, 2.45) is 5.73 Å². The number of benzene rings is 1. The molecule has 1 aromatic carbocycles. The molecule has 21 heavy (non-hydrogen) atoms. The lowest BCUT2D eigenvalue weighted by atomic mass is 9.87. The predicted molar refractivity (Wildman–Crippen MR) is 79.0 cm³/mol. The lowest BCUT2D eigenvalue weighted by Gasteiger charge is -2.26. The number of nitrogens with zero attached hydrogens (tertiary/aromatic N) is 1. The number of rotatable bonds is 5. The second kappa shape index (κ2) is 6.10. The summed E-state index contributed by atoms with van der Waals surface area (Å²) in [6, 6.07) is 7.16. The molecule has 5 heteroatoms. The van der Waals surface area contributed by atoms with Gasteiger partial charge in [-0.25, -0.2) is 4.39 Å². The summed E-state index contributed by atoms with van der Waals surface area (Å²) in [4.78, 5) is 3.75. The third-order valence-corrected chi connectivity index (χ3v) is 3.41. The summed E-state index contributed by atoms with van der Waals surface area (Å²) in [5.74, 6) is 0.874. The molecule has 0 aliphatic rings. The molecule has 1 aromatic heterocycles. The van der Waals surface area contributed by atoms with Gasteiger partial charge in [0.05, 0.1) is 20.4 Å². The van der Waals surface area contributed by atoms with Crippen molar-refractivity contribution in [1.29, 1.82) is 0 Å². The minimum atomic E-state index is -0.841. The van der Waals surface area contributed by atoms with Crippen LogP contribution in [-0.4, -0.2) is 19.2 Å². The highest BCUT2D eigenvalue weighted by molar-refractivity contribution is 5.43. The maximum atomic E-state index is 13.9. The SMILES string of the molecule is COc1ccc(CC(C)(N)c2ccncc2F)cc1OC. The van der Waals surface area contributed by atoms with Gasteiger partial charge in [0.1, 0.15) is 5.82 Å². The molecule has 112 valence electrons. The van der Waals surface area contributed by atoms with E-state index in [1.165, 1.54) is 12.4 Å². The third kappa shape index (κ3) is 3.31. The number of hydrogen-bond acceptors (Lipinski definition) is 4. The van der Waals surface area contributed by atoms with Crippen molar-refractivity contribution in [2.45, 2.75) is 18.9 Å². The monoisotopic (exact) mass is 290 g/mol. The molecule has 0 fully saturated rings. The lowest BCUT2D eigenvalue weighted by molar-refractivity contribution is 0.354. The van der Waals surface area contributed by atoms with Crippen LogP contribution in [0.4, 0.5) is 4.39 Å². The van der Waals surface area contributed by atoms with Crippen LogP contribution in [0.15, 0.2) is 36.7 Å². The van der Waals surface area contributed by atoms with Gasteiger partial charge in [-0.05, 0) is 37.1 Å². The maximum Gasteiger partial charge on any atom is 0.160 e. The molecule has 0 spiro atoms. The molecule has 0 aliphatic heterocycles. The van der Waals surface area contributed by atoms with Gasteiger partial charge >= 0.3 is 0 Å². The Labute approximate surface area is 123 Å². The van der Waals surface area contributed by atoms with Gasteiger partial charge in [0.25, 0.3) is 0 Å². The number of aromatic nitrogens is 1. The van der Waals surface area contributed by atoms with Gasteiger partial charge in [0.2, 0.25) is 0 Å². The van der Waals surface area contributed by atoms with Crippen LogP contribution in [0.25, 0.3) is 0 Å². The second-order valence-corrected chi connectivity index (χ2v) is 5.14. The van der Waals surface area contributed by atoms with E-state index in [1.54, 1.807) is 27.2 Å². The zero-order valence-corrected chi connectivity index (χ0v) is 12.4. The summed E-state index contributed by atoms with van der Waals surface area (Å²) in [5, 5.41) is 0. The van der Waals surface area contributed by atoms with Crippen LogP contribution in [0.5, 0.6) is 11.5 Å². The average Bonchev–Trinajstić information content (AvgIpc) is 2.47. The highest BCUT2D eigenvalue weighted by Gasteiger charge is 2.25. The second-order valence-electron chi connectivity index (χ2n) is 5.14. The fourth-order valence-electron chi connectivity index (χ4n) is 2.35. The molecular formula is C16H19FN2O2. The van der Waals surface area contributed by atoms with Crippen molar-refractivity contribution in [1.82, 2.24) is 4.98 Å². The number of hydrogen-bond donors (Lipinski definition) is 1. The van der Waals surface area contributed by atoms with Crippen molar-refractivity contribution in [3.63, 3.8) is 0 Å². The predicted octanol–water partition coefficient (Wildman–Crippen LogP) is 2.65. The first kappa shape index (κ1) is 15.3. The largest absolute Gasteiger partial charge is 0.493 e. The fourth-order valence-corrected chi connectivity index (χ4v) is 2.35. The Morgan fingerprint density at radius 2 is 1.90 bits per heavy atom. The number of nitrogens with two attached hydrogens (primary N) is 1. The normalized spacial score (nSPS) is 13.6. The fraction of sp³-hybridized carbons (Fsp3) is 0.312. The van der Waals surface area contributed by atoms with Crippen LogP contribution in [0, 0.1) is 5.82 Å². The van der Waals surface area contributed by atoms with Crippen LogP contribution in [0.2, 0.25) is 0 Å². The topological polar surface area (TPSA) is 57.4 Å². The first-order valence-electron chi connectivity index (χ1n) is 6.57. The zero-order chi connectivity index (χ0) is 15.5. The van der Waals surface area contributed by atoms with Gasteiger partial charge < -0.3 is 15.2 Å². The van der Waals surface area contributed by atoms with E-state index < -0.39 is 11.4 Å². The zero-order valence-electron chi connectivity index (χ0n) is 12.4. The van der Waals surface area contributed by atoms with E-state index in [1.807, 2.05) is 18.2 Å². The molecule has 1 heterocycles.